The quantitative estimate of drug-likeness (QED) is 0.790. The molecular weight excluding hydrogens is 215 g/mol. The zero-order valence-electron chi connectivity index (χ0n) is 8.50. The highest BCUT2D eigenvalue weighted by Crippen LogP contribution is 2.20. The summed E-state index contributed by atoms with van der Waals surface area (Å²) in [5, 5.41) is 8.84. The molecule has 80 valence electrons. The molecule has 1 aromatic rings. The molecule has 0 bridgehead atoms. The fourth-order valence-electron chi connectivity index (χ4n) is 1.27. The molecule has 0 spiro atoms. The van der Waals surface area contributed by atoms with Crippen molar-refractivity contribution in [3.05, 3.63) is 34.6 Å². The van der Waals surface area contributed by atoms with Gasteiger partial charge < -0.3 is 4.90 Å². The highest BCUT2D eigenvalue weighted by Gasteiger charge is 2.08. The Kier molecular flexibility index (Phi) is 4.54. The molecule has 0 amide bonds. The average molecular weight is 227 g/mol. The van der Waals surface area contributed by atoms with Crippen LogP contribution in [0.1, 0.15) is 12.0 Å². The summed E-state index contributed by atoms with van der Waals surface area (Å²) in [6.45, 7) is 1.04. The van der Waals surface area contributed by atoms with Crippen molar-refractivity contribution in [3.8, 4) is 6.07 Å². The van der Waals surface area contributed by atoms with Gasteiger partial charge in [-0.3, -0.25) is 0 Å². The smallest absolute Gasteiger partial charge is 0.129 e. The molecule has 0 saturated heterocycles. The van der Waals surface area contributed by atoms with E-state index in [9.17, 15) is 4.39 Å². The predicted octanol–water partition coefficient (Wildman–Crippen LogP) is 2.82. The molecule has 0 aromatic heterocycles. The van der Waals surface area contributed by atoms with E-state index >= 15 is 0 Å². The van der Waals surface area contributed by atoms with Gasteiger partial charge in [0.1, 0.15) is 5.82 Å². The number of hydrogen-bond acceptors (Lipinski definition) is 2. The number of nitrogens with zero attached hydrogens (tertiary/aromatic N) is 2. The second kappa shape index (κ2) is 5.69. The molecule has 4 heteroatoms. The van der Waals surface area contributed by atoms with Crippen LogP contribution in [0.25, 0.3) is 0 Å². The standard InChI is InChI=1S/C11H12ClFN2/c1-15(7-3-6-14)8-9-10(12)4-2-5-11(9)13/h2,4-5H,3,7-8H2,1H3. The average Bonchev–Trinajstić information content (AvgIpc) is 2.21. The molecule has 15 heavy (non-hydrogen) atoms. The van der Waals surface area contributed by atoms with E-state index in [1.807, 2.05) is 18.0 Å². The fourth-order valence-corrected chi connectivity index (χ4v) is 1.50. The maximum absolute atomic E-state index is 13.4. The van der Waals surface area contributed by atoms with Crippen molar-refractivity contribution in [2.75, 3.05) is 13.6 Å². The molecule has 0 saturated carbocycles. The van der Waals surface area contributed by atoms with Crippen LogP contribution < -0.4 is 0 Å². The molecule has 0 aliphatic heterocycles. The summed E-state index contributed by atoms with van der Waals surface area (Å²) in [5.74, 6) is -0.300. The van der Waals surface area contributed by atoms with Crippen LogP contribution in [0.15, 0.2) is 18.2 Å². The van der Waals surface area contributed by atoms with E-state index in [4.69, 9.17) is 16.9 Å². The second-order valence-electron chi connectivity index (χ2n) is 3.35. The van der Waals surface area contributed by atoms with Crippen LogP contribution in [-0.4, -0.2) is 18.5 Å². The highest BCUT2D eigenvalue weighted by atomic mass is 35.5. The monoisotopic (exact) mass is 226 g/mol. The number of nitriles is 1. The normalized spacial score (nSPS) is 10.3. The first-order valence-corrected chi connectivity index (χ1v) is 5.01. The van der Waals surface area contributed by atoms with E-state index in [2.05, 4.69) is 0 Å². The minimum atomic E-state index is -0.300. The Bertz CT molecular complexity index is 353. The largest absolute Gasteiger partial charge is 0.301 e. The summed E-state index contributed by atoms with van der Waals surface area (Å²) in [6, 6.07) is 6.68. The molecule has 0 radical (unpaired) electrons. The Morgan fingerprint density at radius 3 is 2.87 bits per heavy atom. The molecule has 2 nitrogen and oxygen atoms in total. The first-order valence-electron chi connectivity index (χ1n) is 4.63. The van der Waals surface area contributed by atoms with E-state index in [1.165, 1.54) is 6.07 Å². The van der Waals surface area contributed by atoms with Crippen LogP contribution in [0.2, 0.25) is 5.02 Å². The molecule has 1 rings (SSSR count). The Morgan fingerprint density at radius 1 is 1.53 bits per heavy atom. The van der Waals surface area contributed by atoms with E-state index < -0.39 is 0 Å². The first-order chi connectivity index (χ1) is 7.15. The van der Waals surface area contributed by atoms with Crippen molar-refractivity contribution in [2.24, 2.45) is 0 Å². The van der Waals surface area contributed by atoms with Gasteiger partial charge in [-0.05, 0) is 19.2 Å². The third-order valence-corrected chi connectivity index (χ3v) is 2.45. The lowest BCUT2D eigenvalue weighted by Gasteiger charge is -2.16. The Morgan fingerprint density at radius 2 is 2.27 bits per heavy atom. The second-order valence-corrected chi connectivity index (χ2v) is 3.75. The van der Waals surface area contributed by atoms with Gasteiger partial charge in [-0.1, -0.05) is 17.7 Å². The van der Waals surface area contributed by atoms with Gasteiger partial charge in [-0.25, -0.2) is 4.39 Å². The van der Waals surface area contributed by atoms with Gasteiger partial charge in [-0.15, -0.1) is 0 Å². The van der Waals surface area contributed by atoms with Crippen molar-refractivity contribution in [3.63, 3.8) is 0 Å². The molecule has 0 heterocycles. The number of rotatable bonds is 4. The first kappa shape index (κ1) is 12.0. The van der Waals surface area contributed by atoms with Crippen LogP contribution in [0, 0.1) is 17.1 Å². The number of halogens is 2. The highest BCUT2D eigenvalue weighted by molar-refractivity contribution is 6.31. The molecule has 1 aromatic carbocycles. The zero-order chi connectivity index (χ0) is 11.3. The Balaban J connectivity index is 2.68. The molecule has 0 atom stereocenters. The van der Waals surface area contributed by atoms with Crippen LogP contribution >= 0.6 is 11.6 Å². The van der Waals surface area contributed by atoms with E-state index in [0.29, 0.717) is 30.1 Å². The summed E-state index contributed by atoms with van der Waals surface area (Å²) in [7, 11) is 1.83. The van der Waals surface area contributed by atoms with Crippen LogP contribution in [-0.2, 0) is 6.54 Å². The SMILES string of the molecule is CN(CCC#N)Cc1c(F)cccc1Cl. The van der Waals surface area contributed by atoms with Gasteiger partial charge in [0.25, 0.3) is 0 Å². The molecule has 0 aliphatic rings. The van der Waals surface area contributed by atoms with Crippen molar-refractivity contribution in [1.82, 2.24) is 4.90 Å². The maximum Gasteiger partial charge on any atom is 0.129 e. The lowest BCUT2D eigenvalue weighted by molar-refractivity contribution is 0.329. The lowest BCUT2D eigenvalue weighted by atomic mass is 10.2. The molecule has 0 unspecified atom stereocenters. The molecule has 0 N–H and O–H groups in total. The predicted molar refractivity (Wildman–Crippen MR) is 58.0 cm³/mol. The van der Waals surface area contributed by atoms with Gasteiger partial charge in [-0.2, -0.15) is 5.26 Å². The van der Waals surface area contributed by atoms with Crippen LogP contribution in [0.3, 0.4) is 0 Å². The van der Waals surface area contributed by atoms with Crippen molar-refractivity contribution >= 4 is 11.6 Å². The summed E-state index contributed by atoms with van der Waals surface area (Å²) in [6.07, 6.45) is 0.433. The Hall–Kier alpha value is -1.11. The van der Waals surface area contributed by atoms with Crippen molar-refractivity contribution < 1.29 is 4.39 Å². The van der Waals surface area contributed by atoms with Gasteiger partial charge in [0.2, 0.25) is 0 Å². The third-order valence-electron chi connectivity index (χ3n) is 2.10. The molecule has 0 fully saturated rings. The zero-order valence-corrected chi connectivity index (χ0v) is 9.26. The third kappa shape index (κ3) is 3.50. The number of hydrogen-bond donors (Lipinski definition) is 0. The van der Waals surface area contributed by atoms with Crippen LogP contribution in [0.4, 0.5) is 4.39 Å². The fraction of sp³-hybridized carbons (Fsp3) is 0.364. The van der Waals surface area contributed by atoms with E-state index in [0.717, 1.165) is 0 Å². The van der Waals surface area contributed by atoms with Gasteiger partial charge in [0, 0.05) is 30.1 Å². The number of benzene rings is 1. The summed E-state index contributed by atoms with van der Waals surface area (Å²) < 4.78 is 13.4. The van der Waals surface area contributed by atoms with Crippen molar-refractivity contribution in [2.45, 2.75) is 13.0 Å². The van der Waals surface area contributed by atoms with E-state index in [1.54, 1.807) is 12.1 Å². The van der Waals surface area contributed by atoms with Gasteiger partial charge in [0.15, 0.2) is 0 Å². The summed E-state index contributed by atoms with van der Waals surface area (Å²) in [5.41, 5.74) is 0.486. The Labute approximate surface area is 93.9 Å². The topological polar surface area (TPSA) is 27.0 Å². The van der Waals surface area contributed by atoms with Crippen LogP contribution in [0.5, 0.6) is 0 Å². The maximum atomic E-state index is 13.4. The molecule has 0 aliphatic carbocycles. The summed E-state index contributed by atoms with van der Waals surface area (Å²) >= 11 is 5.88. The van der Waals surface area contributed by atoms with Crippen molar-refractivity contribution in [1.29, 1.82) is 5.26 Å². The molecular formula is C11H12ClFN2. The minimum absolute atomic E-state index is 0.300. The summed E-state index contributed by atoms with van der Waals surface area (Å²) in [4.78, 5) is 1.87. The lowest BCUT2D eigenvalue weighted by Crippen LogP contribution is -2.19. The minimum Gasteiger partial charge on any atom is -0.301 e. The van der Waals surface area contributed by atoms with E-state index in [-0.39, 0.29) is 5.82 Å². The van der Waals surface area contributed by atoms with Gasteiger partial charge >= 0.3 is 0 Å². The van der Waals surface area contributed by atoms with Gasteiger partial charge in [0.05, 0.1) is 6.07 Å².